The van der Waals surface area contributed by atoms with Crippen molar-refractivity contribution in [2.45, 2.75) is 0 Å². The fourth-order valence-corrected chi connectivity index (χ4v) is 11.8. The minimum absolute atomic E-state index is 1.24. The minimum Gasteiger partial charge on any atom is -0.134 e. The molecule has 12 aromatic rings. The van der Waals surface area contributed by atoms with Gasteiger partial charge < -0.3 is 0 Å². The van der Waals surface area contributed by atoms with Crippen LogP contribution < -0.4 is 0 Å². The van der Waals surface area contributed by atoms with Crippen LogP contribution in [0.2, 0.25) is 0 Å². The molecule has 0 nitrogen and oxygen atoms in total. The largest absolute Gasteiger partial charge is 0.134 e. The Balaban J connectivity index is 1.11. The Hall–Kier alpha value is -6.58. The number of benzene rings is 10. The molecular weight excluding hydrogens is 713 g/mol. The molecule has 0 aliphatic carbocycles. The predicted octanol–water partition coefficient (Wildman–Crippen LogP) is 16.5. The van der Waals surface area contributed by atoms with Crippen LogP contribution in [0.3, 0.4) is 0 Å². The van der Waals surface area contributed by atoms with E-state index in [0.717, 1.165) is 0 Å². The van der Waals surface area contributed by atoms with E-state index in [1.54, 1.807) is 0 Å². The molecule has 0 radical (unpaired) electrons. The highest BCUT2D eigenvalue weighted by molar-refractivity contribution is 7.33. The van der Waals surface area contributed by atoms with Crippen molar-refractivity contribution in [2.24, 2.45) is 0 Å². The molecule has 0 atom stereocenters. The highest BCUT2D eigenvalue weighted by atomic mass is 32.1. The van der Waals surface area contributed by atoms with Gasteiger partial charge in [0.05, 0.1) is 9.40 Å². The molecule has 2 heterocycles. The van der Waals surface area contributed by atoms with E-state index in [-0.39, 0.29) is 0 Å². The summed E-state index contributed by atoms with van der Waals surface area (Å²) in [6, 6.07) is 71.8. The van der Waals surface area contributed by atoms with Crippen molar-refractivity contribution in [3.63, 3.8) is 0 Å². The smallest absolute Gasteiger partial charge is 0.0540 e. The predicted molar refractivity (Wildman–Crippen MR) is 246 cm³/mol. The van der Waals surface area contributed by atoms with Gasteiger partial charge in [-0.05, 0) is 89.0 Å². The third-order valence-corrected chi connectivity index (χ3v) is 14.1. The molecule has 260 valence electrons. The lowest BCUT2D eigenvalue weighted by atomic mass is 9.89. The summed E-state index contributed by atoms with van der Waals surface area (Å²) >= 11 is 3.90. The lowest BCUT2D eigenvalue weighted by Gasteiger charge is -2.14. The molecule has 0 spiro atoms. The molecule has 56 heavy (non-hydrogen) atoms. The number of fused-ring (bicyclic) bond motifs is 12. The van der Waals surface area contributed by atoms with Crippen LogP contribution in [0.5, 0.6) is 0 Å². The van der Waals surface area contributed by atoms with Crippen molar-refractivity contribution in [3.05, 3.63) is 194 Å². The maximum Gasteiger partial charge on any atom is 0.0540 e. The molecule has 0 saturated heterocycles. The van der Waals surface area contributed by atoms with Crippen molar-refractivity contribution in [3.8, 4) is 44.5 Å². The Kier molecular flexibility index (Phi) is 7.07. The first-order valence-corrected chi connectivity index (χ1v) is 20.8. The maximum absolute atomic E-state index is 2.45. The summed E-state index contributed by atoms with van der Waals surface area (Å²) in [5.74, 6) is 0. The van der Waals surface area contributed by atoms with Gasteiger partial charge in [-0.25, -0.2) is 0 Å². The lowest BCUT2D eigenvalue weighted by Crippen LogP contribution is -1.88. The molecule has 0 fully saturated rings. The zero-order valence-electron chi connectivity index (χ0n) is 30.3. The molecule has 12 rings (SSSR count). The van der Waals surface area contributed by atoms with E-state index >= 15 is 0 Å². The van der Waals surface area contributed by atoms with Crippen LogP contribution in [0, 0.1) is 0 Å². The summed E-state index contributed by atoms with van der Waals surface area (Å²) in [6.45, 7) is 0. The molecule has 0 saturated carbocycles. The van der Waals surface area contributed by atoms with Gasteiger partial charge in [-0.3, -0.25) is 0 Å². The summed E-state index contributed by atoms with van der Waals surface area (Å²) in [4.78, 5) is 0. The Morgan fingerprint density at radius 3 is 1.11 bits per heavy atom. The Bertz CT molecular complexity index is 3280. The van der Waals surface area contributed by atoms with Crippen LogP contribution in [0.15, 0.2) is 194 Å². The van der Waals surface area contributed by atoms with Crippen molar-refractivity contribution in [1.29, 1.82) is 0 Å². The molecule has 2 aromatic heterocycles. The Labute approximate surface area is 332 Å². The molecule has 0 aliphatic heterocycles. The Morgan fingerprint density at radius 2 is 0.661 bits per heavy atom. The highest BCUT2D eigenvalue weighted by Crippen LogP contribution is 2.51. The van der Waals surface area contributed by atoms with Gasteiger partial charge >= 0.3 is 0 Å². The van der Waals surface area contributed by atoms with Gasteiger partial charge in [0, 0.05) is 30.9 Å². The van der Waals surface area contributed by atoms with Gasteiger partial charge in [0.1, 0.15) is 0 Å². The molecular formula is C54H32S2. The second-order valence-electron chi connectivity index (χ2n) is 14.7. The van der Waals surface area contributed by atoms with Gasteiger partial charge in [0.25, 0.3) is 0 Å². The van der Waals surface area contributed by atoms with Crippen molar-refractivity contribution in [1.82, 2.24) is 0 Å². The van der Waals surface area contributed by atoms with Gasteiger partial charge in [0.15, 0.2) is 0 Å². The van der Waals surface area contributed by atoms with Crippen molar-refractivity contribution < 1.29 is 0 Å². The molecule has 10 aromatic carbocycles. The first kappa shape index (κ1) is 31.7. The SMILES string of the molecule is c1ccc(-c2ccc3ccccc3c2-c2ccc3c(c2)sc2c4sc5cc(-c6c(-c7ccccc7)ccc7ccccc67)ccc5c4c4ccccc4c32)cc1. The second kappa shape index (κ2) is 12.5. The van der Waals surface area contributed by atoms with Crippen LogP contribution in [0.25, 0.3) is 117 Å². The molecule has 0 amide bonds. The second-order valence-corrected chi connectivity index (χ2v) is 16.8. The summed E-state index contributed by atoms with van der Waals surface area (Å²) in [5, 5.41) is 13.1. The number of hydrogen-bond donors (Lipinski definition) is 0. The first-order chi connectivity index (χ1) is 27.8. The summed E-state index contributed by atoms with van der Waals surface area (Å²) in [6.07, 6.45) is 0. The van der Waals surface area contributed by atoms with Gasteiger partial charge in [-0.15, -0.1) is 22.7 Å². The van der Waals surface area contributed by atoms with E-state index < -0.39 is 0 Å². The van der Waals surface area contributed by atoms with Crippen molar-refractivity contribution in [2.75, 3.05) is 0 Å². The highest BCUT2D eigenvalue weighted by Gasteiger charge is 2.21. The monoisotopic (exact) mass is 744 g/mol. The molecule has 0 aliphatic rings. The third kappa shape index (κ3) is 4.77. The van der Waals surface area contributed by atoms with Gasteiger partial charge in [-0.2, -0.15) is 0 Å². The van der Waals surface area contributed by atoms with Crippen LogP contribution >= 0.6 is 22.7 Å². The number of thiophene rings is 2. The zero-order valence-corrected chi connectivity index (χ0v) is 31.9. The normalized spacial score (nSPS) is 11.9. The molecule has 0 N–H and O–H groups in total. The van der Waals surface area contributed by atoms with Crippen LogP contribution in [0.4, 0.5) is 0 Å². The van der Waals surface area contributed by atoms with Crippen molar-refractivity contribution >= 4 is 95.3 Å². The minimum atomic E-state index is 1.24. The number of rotatable bonds is 4. The molecule has 0 unspecified atom stereocenters. The lowest BCUT2D eigenvalue weighted by molar-refractivity contribution is 1.62. The van der Waals surface area contributed by atoms with E-state index in [2.05, 4.69) is 194 Å². The fourth-order valence-electron chi connectivity index (χ4n) is 9.16. The molecule has 0 bridgehead atoms. The van der Waals surface area contributed by atoms with E-state index in [1.165, 1.54) is 117 Å². The average Bonchev–Trinajstić information content (AvgIpc) is 3.85. The zero-order chi connectivity index (χ0) is 36.7. The van der Waals surface area contributed by atoms with E-state index in [9.17, 15) is 0 Å². The van der Waals surface area contributed by atoms with E-state index in [1.807, 2.05) is 22.7 Å². The van der Waals surface area contributed by atoms with Crippen LogP contribution in [-0.4, -0.2) is 0 Å². The first-order valence-electron chi connectivity index (χ1n) is 19.2. The van der Waals surface area contributed by atoms with Gasteiger partial charge in [0.2, 0.25) is 0 Å². The van der Waals surface area contributed by atoms with E-state index in [0.29, 0.717) is 0 Å². The quantitative estimate of drug-likeness (QED) is 0.168. The maximum atomic E-state index is 2.45. The average molecular weight is 745 g/mol. The summed E-state index contributed by atoms with van der Waals surface area (Å²) in [5.41, 5.74) is 10.1. The van der Waals surface area contributed by atoms with Crippen LogP contribution in [-0.2, 0) is 0 Å². The fraction of sp³-hybridized carbons (Fsp3) is 0. The van der Waals surface area contributed by atoms with Gasteiger partial charge in [-0.1, -0.05) is 182 Å². The van der Waals surface area contributed by atoms with Crippen LogP contribution in [0.1, 0.15) is 0 Å². The third-order valence-electron chi connectivity index (χ3n) is 11.7. The Morgan fingerprint density at radius 1 is 0.268 bits per heavy atom. The molecule has 2 heteroatoms. The number of hydrogen-bond acceptors (Lipinski definition) is 2. The topological polar surface area (TPSA) is 0 Å². The summed E-state index contributed by atoms with van der Waals surface area (Å²) < 4.78 is 5.40. The standard InChI is InChI=1S/C54H32S2/c1-3-13-33(14-4-1)41-27-23-35-17-7-9-19-39(35)49(41)37-25-29-45-47(31-37)55-53-51(45)43-21-11-12-22-44(43)52-46-30-26-38(32-48(46)56-54(52)53)50-40-20-10-8-18-36(40)24-28-42(50)34-15-5-2-6-16-34/h1-32H. The summed E-state index contributed by atoms with van der Waals surface area (Å²) in [7, 11) is 0. The van der Waals surface area contributed by atoms with E-state index in [4.69, 9.17) is 0 Å².